The average Bonchev–Trinajstić information content (AvgIpc) is 2.46. The van der Waals surface area contributed by atoms with Crippen molar-refractivity contribution in [3.8, 4) is 0 Å². The average molecular weight is 281 g/mol. The van der Waals surface area contributed by atoms with Crippen molar-refractivity contribution in [1.29, 1.82) is 0 Å². The lowest BCUT2D eigenvalue weighted by Gasteiger charge is -2.26. The van der Waals surface area contributed by atoms with Crippen LogP contribution in [0, 0.1) is 0 Å². The van der Waals surface area contributed by atoms with Gasteiger partial charge in [-0.1, -0.05) is 6.07 Å². The fraction of sp³-hybridized carbons (Fsp3) is 0.286. The van der Waals surface area contributed by atoms with Gasteiger partial charge in [0.15, 0.2) is 0 Å². The first kappa shape index (κ1) is 14.3. The molecule has 2 aromatic heterocycles. The van der Waals surface area contributed by atoms with Crippen LogP contribution in [0.5, 0.6) is 0 Å². The second-order valence-corrected chi connectivity index (χ2v) is 4.48. The molecule has 0 saturated heterocycles. The van der Waals surface area contributed by atoms with Gasteiger partial charge in [-0.15, -0.1) is 0 Å². The number of hydrogen-bond donors (Lipinski definition) is 0. The summed E-state index contributed by atoms with van der Waals surface area (Å²) in [4.78, 5) is 9.71. The van der Waals surface area contributed by atoms with Crippen LogP contribution in [0.25, 0.3) is 0 Å². The third kappa shape index (κ3) is 3.07. The summed E-state index contributed by atoms with van der Waals surface area (Å²) in [6.45, 7) is 1.94. The van der Waals surface area contributed by atoms with E-state index in [1.807, 2.05) is 19.1 Å². The van der Waals surface area contributed by atoms with Gasteiger partial charge in [0.2, 0.25) is 0 Å². The molecule has 0 aromatic carbocycles. The molecule has 0 bridgehead atoms. The van der Waals surface area contributed by atoms with Crippen molar-refractivity contribution in [2.45, 2.75) is 19.1 Å². The van der Waals surface area contributed by atoms with Gasteiger partial charge in [-0.3, -0.25) is 4.98 Å². The Labute approximate surface area is 115 Å². The molecular formula is C14H14F3N3. The first-order valence-corrected chi connectivity index (χ1v) is 6.05. The zero-order valence-corrected chi connectivity index (χ0v) is 11.1. The Bertz CT molecular complexity index is 552. The Morgan fingerprint density at radius 3 is 2.40 bits per heavy atom. The Hall–Kier alpha value is -2.11. The molecule has 1 atom stereocenters. The number of nitrogens with zero attached hydrogens (tertiary/aromatic N) is 3. The van der Waals surface area contributed by atoms with E-state index in [1.165, 1.54) is 6.07 Å². The molecule has 3 nitrogen and oxygen atoms in total. The standard InChI is InChI=1S/C14H14F3N3/c1-10(11-4-3-7-18-8-11)20(2)13-6-5-12(9-19-13)14(15,16)17/h3-10H,1-2H3. The number of hydrogen-bond acceptors (Lipinski definition) is 3. The Kier molecular flexibility index (Phi) is 3.92. The zero-order chi connectivity index (χ0) is 14.8. The summed E-state index contributed by atoms with van der Waals surface area (Å²) in [7, 11) is 1.78. The molecule has 2 rings (SSSR count). The molecule has 0 aliphatic rings. The van der Waals surface area contributed by atoms with Crippen molar-refractivity contribution in [1.82, 2.24) is 9.97 Å². The highest BCUT2D eigenvalue weighted by atomic mass is 19.4. The summed E-state index contributed by atoms with van der Waals surface area (Å²) < 4.78 is 37.4. The first-order valence-electron chi connectivity index (χ1n) is 6.05. The van der Waals surface area contributed by atoms with E-state index in [0.29, 0.717) is 5.82 Å². The SMILES string of the molecule is CC(c1cccnc1)N(C)c1ccc(C(F)(F)F)cn1. The minimum Gasteiger partial charge on any atom is -0.353 e. The second-order valence-electron chi connectivity index (χ2n) is 4.48. The van der Waals surface area contributed by atoms with Gasteiger partial charge in [0.25, 0.3) is 0 Å². The van der Waals surface area contributed by atoms with Crippen LogP contribution in [-0.2, 0) is 6.18 Å². The molecule has 0 aliphatic heterocycles. The maximum absolute atomic E-state index is 12.5. The quantitative estimate of drug-likeness (QED) is 0.859. The molecular weight excluding hydrogens is 267 g/mol. The third-order valence-corrected chi connectivity index (χ3v) is 3.18. The van der Waals surface area contributed by atoms with Gasteiger partial charge in [0, 0.05) is 25.6 Å². The van der Waals surface area contributed by atoms with Crippen LogP contribution in [0.1, 0.15) is 24.1 Å². The largest absolute Gasteiger partial charge is 0.417 e. The van der Waals surface area contributed by atoms with E-state index in [4.69, 9.17) is 0 Å². The molecule has 2 heterocycles. The number of halogens is 3. The number of alkyl halides is 3. The summed E-state index contributed by atoms with van der Waals surface area (Å²) in [6.07, 6.45) is -0.112. The Balaban J connectivity index is 2.19. The van der Waals surface area contributed by atoms with Gasteiger partial charge in [-0.05, 0) is 30.7 Å². The minimum absolute atomic E-state index is 0.0343. The maximum Gasteiger partial charge on any atom is 0.417 e. The smallest absolute Gasteiger partial charge is 0.353 e. The van der Waals surface area contributed by atoms with E-state index in [1.54, 1.807) is 24.3 Å². The summed E-state index contributed by atoms with van der Waals surface area (Å²) >= 11 is 0. The lowest BCUT2D eigenvalue weighted by Crippen LogP contribution is -2.23. The topological polar surface area (TPSA) is 29.0 Å². The predicted octanol–water partition coefficient (Wildman–Crippen LogP) is 3.69. The molecule has 0 radical (unpaired) electrons. The van der Waals surface area contributed by atoms with Gasteiger partial charge in [-0.25, -0.2) is 4.98 Å². The molecule has 2 aromatic rings. The predicted molar refractivity (Wildman–Crippen MR) is 70.3 cm³/mol. The van der Waals surface area contributed by atoms with E-state index in [-0.39, 0.29) is 6.04 Å². The number of anilines is 1. The van der Waals surface area contributed by atoms with Gasteiger partial charge in [-0.2, -0.15) is 13.2 Å². The molecule has 0 aliphatic carbocycles. The normalized spacial score (nSPS) is 13.1. The molecule has 20 heavy (non-hydrogen) atoms. The van der Waals surface area contributed by atoms with Crippen molar-refractivity contribution < 1.29 is 13.2 Å². The summed E-state index contributed by atoms with van der Waals surface area (Å²) in [5, 5.41) is 0. The number of rotatable bonds is 3. The van der Waals surface area contributed by atoms with Crippen molar-refractivity contribution in [3.63, 3.8) is 0 Å². The lowest BCUT2D eigenvalue weighted by molar-refractivity contribution is -0.137. The summed E-state index contributed by atoms with van der Waals surface area (Å²) in [6, 6.07) is 6.11. The van der Waals surface area contributed by atoms with Crippen LogP contribution in [0.15, 0.2) is 42.9 Å². The third-order valence-electron chi connectivity index (χ3n) is 3.18. The van der Waals surface area contributed by atoms with Gasteiger partial charge in [0.1, 0.15) is 5.82 Å². The summed E-state index contributed by atoms with van der Waals surface area (Å²) in [5.41, 5.74) is 0.223. The minimum atomic E-state index is -4.36. The van der Waals surface area contributed by atoms with E-state index < -0.39 is 11.7 Å². The van der Waals surface area contributed by atoms with Crippen LogP contribution in [0.2, 0.25) is 0 Å². The molecule has 0 spiro atoms. The van der Waals surface area contributed by atoms with E-state index in [0.717, 1.165) is 17.8 Å². The number of pyridine rings is 2. The zero-order valence-electron chi connectivity index (χ0n) is 11.1. The lowest BCUT2D eigenvalue weighted by atomic mass is 10.1. The Morgan fingerprint density at radius 1 is 1.15 bits per heavy atom. The molecule has 1 unspecified atom stereocenters. The highest BCUT2D eigenvalue weighted by Gasteiger charge is 2.30. The van der Waals surface area contributed by atoms with Crippen LogP contribution in [0.4, 0.5) is 19.0 Å². The molecule has 106 valence electrons. The van der Waals surface area contributed by atoms with Crippen LogP contribution in [0.3, 0.4) is 0 Å². The van der Waals surface area contributed by atoms with Gasteiger partial charge < -0.3 is 4.90 Å². The van der Waals surface area contributed by atoms with Crippen molar-refractivity contribution in [2.24, 2.45) is 0 Å². The highest BCUT2D eigenvalue weighted by Crippen LogP contribution is 2.30. The fourth-order valence-corrected chi connectivity index (χ4v) is 1.81. The maximum atomic E-state index is 12.5. The van der Waals surface area contributed by atoms with E-state index in [9.17, 15) is 13.2 Å². The molecule has 6 heteroatoms. The van der Waals surface area contributed by atoms with Gasteiger partial charge in [0.05, 0.1) is 11.6 Å². The van der Waals surface area contributed by atoms with E-state index in [2.05, 4.69) is 9.97 Å². The second kappa shape index (κ2) is 5.48. The molecule has 0 saturated carbocycles. The molecule has 0 amide bonds. The van der Waals surface area contributed by atoms with Gasteiger partial charge >= 0.3 is 6.18 Å². The Morgan fingerprint density at radius 2 is 1.90 bits per heavy atom. The summed E-state index contributed by atoms with van der Waals surface area (Å²) in [5.74, 6) is 0.481. The van der Waals surface area contributed by atoms with Crippen molar-refractivity contribution >= 4 is 5.82 Å². The van der Waals surface area contributed by atoms with Crippen LogP contribution < -0.4 is 4.90 Å². The molecule has 0 N–H and O–H groups in total. The fourth-order valence-electron chi connectivity index (χ4n) is 1.81. The molecule has 0 fully saturated rings. The highest BCUT2D eigenvalue weighted by molar-refractivity contribution is 5.41. The van der Waals surface area contributed by atoms with Crippen molar-refractivity contribution in [3.05, 3.63) is 54.0 Å². The monoisotopic (exact) mass is 281 g/mol. The van der Waals surface area contributed by atoms with Crippen LogP contribution >= 0.6 is 0 Å². The van der Waals surface area contributed by atoms with E-state index >= 15 is 0 Å². The van der Waals surface area contributed by atoms with Crippen LogP contribution in [-0.4, -0.2) is 17.0 Å². The van der Waals surface area contributed by atoms with Crippen molar-refractivity contribution in [2.75, 3.05) is 11.9 Å². The first-order chi connectivity index (χ1) is 9.39. The number of aromatic nitrogens is 2.